The molecule has 0 saturated carbocycles. The molecule has 0 aliphatic carbocycles. The topological polar surface area (TPSA) is 112 Å². The first-order valence-electron chi connectivity index (χ1n) is 13.1. The number of ether oxygens (including phenoxy) is 1. The number of aliphatic hydroxyl groups excluding tert-OH is 1. The van der Waals surface area contributed by atoms with E-state index in [1.165, 1.54) is 22.5 Å². The minimum absolute atomic E-state index is 0.0567. The summed E-state index contributed by atoms with van der Waals surface area (Å²) in [6.45, 7) is 3.30. The number of amides is 2. The van der Waals surface area contributed by atoms with Gasteiger partial charge in [0, 0.05) is 64.4 Å². The maximum atomic E-state index is 14.1. The molecule has 0 saturated heterocycles. The van der Waals surface area contributed by atoms with E-state index >= 15 is 0 Å². The van der Waals surface area contributed by atoms with E-state index < -0.39 is 12.3 Å². The second kappa shape index (κ2) is 14.2. The number of alkyl halides is 1. The number of likely N-dealkylation sites (N-methyl/N-ethyl adjacent to an activating group) is 2. The lowest BCUT2D eigenvalue weighted by Gasteiger charge is -2.23. The van der Waals surface area contributed by atoms with E-state index in [-0.39, 0.29) is 30.4 Å². The number of hydrogen-bond acceptors (Lipinski definition) is 7. The summed E-state index contributed by atoms with van der Waals surface area (Å²) in [5.74, 6) is -0.304. The average Bonchev–Trinajstić information content (AvgIpc) is 3.34. The van der Waals surface area contributed by atoms with Crippen molar-refractivity contribution in [2.75, 3.05) is 34.3 Å². The zero-order valence-electron chi connectivity index (χ0n) is 23.6. The van der Waals surface area contributed by atoms with Gasteiger partial charge < -0.3 is 25.0 Å². The van der Waals surface area contributed by atoms with Gasteiger partial charge in [0.15, 0.2) is 5.65 Å². The van der Waals surface area contributed by atoms with Gasteiger partial charge in [0.2, 0.25) is 12.3 Å². The van der Waals surface area contributed by atoms with Gasteiger partial charge in [-0.3, -0.25) is 9.59 Å². The molecule has 1 aromatic carbocycles. The van der Waals surface area contributed by atoms with Gasteiger partial charge in [0.1, 0.15) is 11.3 Å². The number of carbonyl (C=O) groups excluding carboxylic acids is 2. The molecule has 3 aromatic rings. The van der Waals surface area contributed by atoms with E-state index in [4.69, 9.17) is 4.74 Å². The quantitative estimate of drug-likeness (QED) is 0.313. The highest BCUT2D eigenvalue weighted by atomic mass is 19.1. The third kappa shape index (κ3) is 7.89. The molecular weight excluding hydrogens is 515 g/mol. The lowest BCUT2D eigenvalue weighted by Crippen LogP contribution is -2.33. The number of carbonyl (C=O) groups is 2. The van der Waals surface area contributed by atoms with Crippen LogP contribution in [0.4, 0.5) is 4.39 Å². The van der Waals surface area contributed by atoms with Crippen LogP contribution in [-0.2, 0) is 11.2 Å². The van der Waals surface area contributed by atoms with Gasteiger partial charge in [-0.05, 0) is 36.6 Å². The predicted molar refractivity (Wildman–Crippen MR) is 151 cm³/mol. The number of rotatable bonds is 13. The number of unbranched alkanes of at least 4 members (excludes halogenated alkanes) is 1. The highest BCUT2D eigenvalue weighted by Gasteiger charge is 2.21. The molecule has 214 valence electrons. The van der Waals surface area contributed by atoms with Crippen molar-refractivity contribution in [3.05, 3.63) is 77.5 Å². The number of nitrogens with one attached hydrogen (secondary N) is 1. The van der Waals surface area contributed by atoms with Crippen LogP contribution < -0.4 is 10.1 Å². The van der Waals surface area contributed by atoms with Crippen molar-refractivity contribution in [2.45, 2.75) is 39.5 Å². The van der Waals surface area contributed by atoms with Crippen LogP contribution >= 0.6 is 0 Å². The zero-order valence-corrected chi connectivity index (χ0v) is 23.6. The van der Waals surface area contributed by atoms with Crippen molar-refractivity contribution in [1.29, 1.82) is 0 Å². The SMILES string of the molecule is CCC/C=C(/C(=C\N(C)CC(=O)N(C)C)NC(=O)c1cnn2cccnc12)c1cc(CCO)ccc1OC(C)F. The van der Waals surface area contributed by atoms with Gasteiger partial charge in [0.25, 0.3) is 5.91 Å². The van der Waals surface area contributed by atoms with E-state index in [1.807, 2.05) is 19.1 Å². The maximum absolute atomic E-state index is 14.1. The molecule has 0 aliphatic rings. The average molecular weight is 553 g/mol. The number of allylic oxidation sites excluding steroid dienone is 2. The summed E-state index contributed by atoms with van der Waals surface area (Å²) < 4.78 is 21.1. The molecule has 1 unspecified atom stereocenters. The van der Waals surface area contributed by atoms with Gasteiger partial charge >= 0.3 is 0 Å². The summed E-state index contributed by atoms with van der Waals surface area (Å²) in [6, 6.07) is 6.95. The molecule has 2 amide bonds. The third-order valence-electron chi connectivity index (χ3n) is 5.96. The summed E-state index contributed by atoms with van der Waals surface area (Å²) >= 11 is 0. The van der Waals surface area contributed by atoms with Crippen LogP contribution in [0, 0.1) is 0 Å². The largest absolute Gasteiger partial charge is 0.460 e. The fourth-order valence-electron chi connectivity index (χ4n) is 3.97. The summed E-state index contributed by atoms with van der Waals surface area (Å²) in [7, 11) is 5.06. The van der Waals surface area contributed by atoms with Gasteiger partial charge in [-0.2, -0.15) is 5.10 Å². The van der Waals surface area contributed by atoms with Crippen LogP contribution in [0.25, 0.3) is 11.2 Å². The summed E-state index contributed by atoms with van der Waals surface area (Å²) in [5.41, 5.74) is 2.96. The minimum atomic E-state index is -1.58. The first-order valence-corrected chi connectivity index (χ1v) is 13.1. The molecule has 2 aromatic heterocycles. The molecule has 10 nitrogen and oxygen atoms in total. The van der Waals surface area contributed by atoms with E-state index in [2.05, 4.69) is 15.4 Å². The number of benzene rings is 1. The van der Waals surface area contributed by atoms with Crippen molar-refractivity contribution >= 4 is 23.0 Å². The van der Waals surface area contributed by atoms with E-state index in [0.29, 0.717) is 35.3 Å². The molecule has 3 rings (SSSR count). The highest BCUT2D eigenvalue weighted by Crippen LogP contribution is 2.33. The molecule has 40 heavy (non-hydrogen) atoms. The van der Waals surface area contributed by atoms with Crippen molar-refractivity contribution in [1.82, 2.24) is 29.7 Å². The molecule has 0 bridgehead atoms. The number of nitrogens with zero attached hydrogens (tertiary/aromatic N) is 5. The Hall–Kier alpha value is -4.25. The Balaban J connectivity index is 2.16. The lowest BCUT2D eigenvalue weighted by atomic mass is 9.96. The molecule has 11 heteroatoms. The van der Waals surface area contributed by atoms with Crippen molar-refractivity contribution < 1.29 is 23.8 Å². The number of hydrogen-bond donors (Lipinski definition) is 2. The Morgan fingerprint density at radius 2 is 2.02 bits per heavy atom. The van der Waals surface area contributed by atoms with Crippen molar-refractivity contribution in [2.24, 2.45) is 0 Å². The molecule has 2 N–H and O–H groups in total. The number of aromatic nitrogens is 3. The van der Waals surface area contributed by atoms with E-state index in [0.717, 1.165) is 12.0 Å². The van der Waals surface area contributed by atoms with Gasteiger partial charge in [-0.25, -0.2) is 13.9 Å². The molecule has 0 spiro atoms. The van der Waals surface area contributed by atoms with Crippen LogP contribution in [0.2, 0.25) is 0 Å². The Morgan fingerprint density at radius 3 is 2.70 bits per heavy atom. The number of fused-ring (bicyclic) bond motifs is 1. The first kappa shape index (κ1) is 30.3. The standard InChI is InChI=1S/C29H37FN6O4/c1-6-7-9-22(23-16-21(12-15-37)10-11-26(23)40-20(2)30)25(18-35(5)19-27(38)34(3)4)33-29(39)24-17-32-36-14-8-13-31-28(24)36/h8-11,13-14,16-18,20,37H,6-7,12,15,19H2,1-5H3,(H,33,39)/b22-9+,25-18+. The lowest BCUT2D eigenvalue weighted by molar-refractivity contribution is -0.129. The second-order valence-corrected chi connectivity index (χ2v) is 9.52. The smallest absolute Gasteiger partial charge is 0.261 e. The van der Waals surface area contributed by atoms with E-state index in [1.54, 1.807) is 62.8 Å². The highest BCUT2D eigenvalue weighted by molar-refractivity contribution is 6.02. The predicted octanol–water partition coefficient (Wildman–Crippen LogP) is 3.43. The monoisotopic (exact) mass is 552 g/mol. The Morgan fingerprint density at radius 1 is 1.25 bits per heavy atom. The fourth-order valence-corrected chi connectivity index (χ4v) is 3.97. The molecule has 2 heterocycles. The second-order valence-electron chi connectivity index (χ2n) is 9.52. The van der Waals surface area contributed by atoms with Crippen LogP contribution in [0.5, 0.6) is 5.75 Å². The summed E-state index contributed by atoms with van der Waals surface area (Å²) in [6.07, 6.45) is 8.57. The third-order valence-corrected chi connectivity index (χ3v) is 5.96. The number of aliphatic hydroxyl groups is 1. The van der Waals surface area contributed by atoms with Crippen molar-refractivity contribution in [3.8, 4) is 5.75 Å². The fraction of sp³-hybridized carbons (Fsp3) is 0.379. The Labute approximate surface area is 233 Å². The van der Waals surface area contributed by atoms with Crippen molar-refractivity contribution in [3.63, 3.8) is 0 Å². The van der Waals surface area contributed by atoms with E-state index in [9.17, 15) is 19.1 Å². The van der Waals surface area contributed by atoms with Crippen LogP contribution in [0.3, 0.4) is 0 Å². The van der Waals surface area contributed by atoms with Crippen LogP contribution in [0.1, 0.15) is 48.2 Å². The summed E-state index contributed by atoms with van der Waals surface area (Å²) in [4.78, 5) is 33.5. The Kier molecular flexibility index (Phi) is 10.8. The normalized spacial score (nSPS) is 12.8. The van der Waals surface area contributed by atoms with Gasteiger partial charge in [-0.15, -0.1) is 0 Å². The Bertz CT molecular complexity index is 1380. The van der Waals surface area contributed by atoms with Crippen LogP contribution in [0.15, 0.2) is 60.8 Å². The van der Waals surface area contributed by atoms with Gasteiger partial charge in [0.05, 0.1) is 18.4 Å². The molecular formula is C29H37FN6O4. The zero-order chi connectivity index (χ0) is 29.2. The van der Waals surface area contributed by atoms with Gasteiger partial charge in [-0.1, -0.05) is 25.5 Å². The molecule has 0 aliphatic heterocycles. The summed E-state index contributed by atoms with van der Waals surface area (Å²) in [5, 5.41) is 16.7. The minimum Gasteiger partial charge on any atom is -0.460 e. The maximum Gasteiger partial charge on any atom is 0.261 e. The molecule has 1 atom stereocenters. The first-order chi connectivity index (χ1) is 19.1. The molecule has 0 radical (unpaired) electrons. The number of halogens is 1. The van der Waals surface area contributed by atoms with Crippen LogP contribution in [-0.4, -0.2) is 82.0 Å². The molecule has 0 fully saturated rings.